The van der Waals surface area contributed by atoms with Crippen LogP contribution in [0, 0.1) is 5.82 Å². The van der Waals surface area contributed by atoms with Crippen LogP contribution in [0.2, 0.25) is 0 Å². The highest BCUT2D eigenvalue weighted by atomic mass is 32.1. The number of halogens is 1. The molecule has 0 atom stereocenters. The van der Waals surface area contributed by atoms with Crippen molar-refractivity contribution in [3.8, 4) is 0 Å². The van der Waals surface area contributed by atoms with Crippen LogP contribution in [0.5, 0.6) is 0 Å². The molecule has 1 amide bonds. The van der Waals surface area contributed by atoms with Crippen LogP contribution in [-0.4, -0.2) is 26.9 Å². The second-order valence-corrected chi connectivity index (χ2v) is 6.25. The third-order valence-electron chi connectivity index (χ3n) is 3.75. The molecule has 0 aliphatic heterocycles. The number of thiophene rings is 1. The Morgan fingerprint density at radius 2 is 2.21 bits per heavy atom. The number of likely N-dealkylation sites (N-methyl/N-ethyl adjacent to an activating group) is 1. The number of carbonyl (C=O) groups excluding carboxylic acids is 1. The van der Waals surface area contributed by atoms with Crippen molar-refractivity contribution in [1.29, 1.82) is 0 Å². The summed E-state index contributed by atoms with van der Waals surface area (Å²) in [4.78, 5) is 31.3. The zero-order valence-electron chi connectivity index (χ0n) is 13.1. The fourth-order valence-electron chi connectivity index (χ4n) is 2.48. The molecule has 0 saturated heterocycles. The lowest BCUT2D eigenvalue weighted by Crippen LogP contribution is -2.36. The molecule has 2 heterocycles. The summed E-state index contributed by atoms with van der Waals surface area (Å²) in [5.41, 5.74) is 0.486. The van der Waals surface area contributed by atoms with Gasteiger partial charge in [-0.15, -0.1) is 11.3 Å². The molecule has 0 aliphatic rings. The van der Waals surface area contributed by atoms with Gasteiger partial charge >= 0.3 is 0 Å². The van der Waals surface area contributed by atoms with E-state index in [0.717, 1.165) is 0 Å². The number of aromatic nitrogens is 2. The van der Waals surface area contributed by atoms with Gasteiger partial charge in [0.1, 0.15) is 17.2 Å². The largest absolute Gasteiger partial charge is 0.337 e. The van der Waals surface area contributed by atoms with E-state index < -0.39 is 0 Å². The van der Waals surface area contributed by atoms with Crippen molar-refractivity contribution >= 4 is 27.5 Å². The van der Waals surface area contributed by atoms with Crippen LogP contribution in [0.1, 0.15) is 12.5 Å². The van der Waals surface area contributed by atoms with Crippen LogP contribution in [0.4, 0.5) is 4.39 Å². The SMILES string of the molecule is CCN(Cc1cccc(F)c1)C(=O)Cn1cnc2sccc2c1=O. The molecule has 0 aliphatic carbocycles. The Balaban J connectivity index is 1.78. The van der Waals surface area contributed by atoms with Crippen LogP contribution in [0.3, 0.4) is 0 Å². The summed E-state index contributed by atoms with van der Waals surface area (Å²) in [5, 5.41) is 2.32. The Kier molecular flexibility index (Phi) is 4.71. The van der Waals surface area contributed by atoms with E-state index in [9.17, 15) is 14.0 Å². The maximum atomic E-state index is 13.3. The van der Waals surface area contributed by atoms with Crippen molar-refractivity contribution in [3.05, 3.63) is 63.8 Å². The first-order valence-corrected chi connectivity index (χ1v) is 8.41. The Morgan fingerprint density at radius 3 is 2.96 bits per heavy atom. The molecule has 1 aromatic carbocycles. The van der Waals surface area contributed by atoms with E-state index >= 15 is 0 Å². The van der Waals surface area contributed by atoms with Crippen molar-refractivity contribution < 1.29 is 9.18 Å². The zero-order chi connectivity index (χ0) is 17.1. The second-order valence-electron chi connectivity index (χ2n) is 5.35. The van der Waals surface area contributed by atoms with Gasteiger partial charge in [-0.05, 0) is 36.1 Å². The lowest BCUT2D eigenvalue weighted by atomic mass is 10.2. The molecule has 0 N–H and O–H groups in total. The monoisotopic (exact) mass is 345 g/mol. The highest BCUT2D eigenvalue weighted by molar-refractivity contribution is 7.16. The van der Waals surface area contributed by atoms with E-state index in [4.69, 9.17) is 0 Å². The Hall–Kier alpha value is -2.54. The summed E-state index contributed by atoms with van der Waals surface area (Å²) >= 11 is 1.39. The van der Waals surface area contributed by atoms with Crippen LogP contribution in [0.15, 0.2) is 46.8 Å². The predicted molar refractivity (Wildman–Crippen MR) is 91.4 cm³/mol. The zero-order valence-corrected chi connectivity index (χ0v) is 13.9. The molecule has 5 nitrogen and oxygen atoms in total. The number of hydrogen-bond acceptors (Lipinski definition) is 4. The average Bonchev–Trinajstić information content (AvgIpc) is 3.04. The molecule has 0 radical (unpaired) electrons. The van der Waals surface area contributed by atoms with Crippen LogP contribution in [0.25, 0.3) is 10.2 Å². The molecule has 0 saturated carbocycles. The fourth-order valence-corrected chi connectivity index (χ4v) is 3.21. The summed E-state index contributed by atoms with van der Waals surface area (Å²) in [5.74, 6) is -0.542. The standard InChI is InChI=1S/C17H16FN3O2S/c1-2-20(9-12-4-3-5-13(18)8-12)15(22)10-21-11-19-16-14(17(21)23)6-7-24-16/h3-8,11H,2,9-10H2,1H3. The summed E-state index contributed by atoms with van der Waals surface area (Å²) in [6.07, 6.45) is 1.40. The smallest absolute Gasteiger partial charge is 0.262 e. The van der Waals surface area contributed by atoms with Gasteiger partial charge in [0, 0.05) is 13.1 Å². The second kappa shape index (κ2) is 6.92. The molecule has 0 fully saturated rings. The minimum atomic E-state index is -0.334. The Labute approximate surface area is 142 Å². The first-order valence-electron chi connectivity index (χ1n) is 7.53. The topological polar surface area (TPSA) is 55.2 Å². The van der Waals surface area contributed by atoms with Gasteiger partial charge < -0.3 is 4.90 Å². The molecule has 3 rings (SSSR count). The number of nitrogens with zero attached hydrogens (tertiary/aromatic N) is 3. The quantitative estimate of drug-likeness (QED) is 0.714. The van der Waals surface area contributed by atoms with Crippen LogP contribution < -0.4 is 5.56 Å². The van der Waals surface area contributed by atoms with E-state index in [-0.39, 0.29) is 23.8 Å². The highest BCUT2D eigenvalue weighted by Gasteiger charge is 2.15. The van der Waals surface area contributed by atoms with Gasteiger partial charge in [-0.25, -0.2) is 9.37 Å². The van der Waals surface area contributed by atoms with Gasteiger partial charge in [-0.2, -0.15) is 0 Å². The number of fused-ring (bicyclic) bond motifs is 1. The normalized spacial score (nSPS) is 10.9. The number of hydrogen-bond donors (Lipinski definition) is 0. The highest BCUT2D eigenvalue weighted by Crippen LogP contribution is 2.13. The van der Waals surface area contributed by atoms with E-state index in [1.54, 1.807) is 28.5 Å². The molecule has 2 aromatic heterocycles. The predicted octanol–water partition coefficient (Wildman–Crippen LogP) is 2.65. The van der Waals surface area contributed by atoms with E-state index in [1.165, 1.54) is 34.4 Å². The first-order chi connectivity index (χ1) is 11.6. The molecule has 0 bridgehead atoms. The van der Waals surface area contributed by atoms with E-state index in [0.29, 0.717) is 28.9 Å². The lowest BCUT2D eigenvalue weighted by Gasteiger charge is -2.21. The molecule has 0 spiro atoms. The van der Waals surface area contributed by atoms with Crippen LogP contribution in [-0.2, 0) is 17.9 Å². The average molecular weight is 345 g/mol. The summed E-state index contributed by atoms with van der Waals surface area (Å²) in [6, 6.07) is 7.86. The van der Waals surface area contributed by atoms with Gasteiger partial charge in [0.15, 0.2) is 0 Å². The van der Waals surface area contributed by atoms with Crippen molar-refractivity contribution in [2.75, 3.05) is 6.54 Å². The van der Waals surface area contributed by atoms with Gasteiger partial charge in [0.25, 0.3) is 5.56 Å². The molecular weight excluding hydrogens is 329 g/mol. The number of carbonyl (C=O) groups is 1. The van der Waals surface area contributed by atoms with E-state index in [1.807, 2.05) is 6.92 Å². The molecule has 7 heteroatoms. The number of amides is 1. The fraction of sp³-hybridized carbons (Fsp3) is 0.235. The van der Waals surface area contributed by atoms with Crippen molar-refractivity contribution in [1.82, 2.24) is 14.5 Å². The van der Waals surface area contributed by atoms with E-state index in [2.05, 4.69) is 4.98 Å². The molecule has 124 valence electrons. The maximum absolute atomic E-state index is 13.3. The molecule has 3 aromatic rings. The minimum absolute atomic E-state index is 0.0826. The van der Waals surface area contributed by atoms with Crippen molar-refractivity contribution in [3.63, 3.8) is 0 Å². The Morgan fingerprint density at radius 1 is 1.38 bits per heavy atom. The number of benzene rings is 1. The third-order valence-corrected chi connectivity index (χ3v) is 4.57. The molecule has 24 heavy (non-hydrogen) atoms. The van der Waals surface area contributed by atoms with Crippen LogP contribution >= 0.6 is 11.3 Å². The third kappa shape index (κ3) is 3.35. The summed E-state index contributed by atoms with van der Waals surface area (Å²) < 4.78 is 14.6. The van der Waals surface area contributed by atoms with Gasteiger partial charge in [0.05, 0.1) is 11.7 Å². The van der Waals surface area contributed by atoms with Gasteiger partial charge in [-0.1, -0.05) is 12.1 Å². The van der Waals surface area contributed by atoms with Crippen molar-refractivity contribution in [2.24, 2.45) is 0 Å². The number of rotatable bonds is 5. The molecular formula is C17H16FN3O2S. The van der Waals surface area contributed by atoms with Gasteiger partial charge in [0.2, 0.25) is 5.91 Å². The van der Waals surface area contributed by atoms with Crippen molar-refractivity contribution in [2.45, 2.75) is 20.0 Å². The van der Waals surface area contributed by atoms with Gasteiger partial charge in [-0.3, -0.25) is 14.2 Å². The lowest BCUT2D eigenvalue weighted by molar-refractivity contribution is -0.132. The Bertz CT molecular complexity index is 935. The maximum Gasteiger partial charge on any atom is 0.262 e. The minimum Gasteiger partial charge on any atom is -0.337 e. The first kappa shape index (κ1) is 16.3. The molecule has 0 unspecified atom stereocenters. The summed E-state index contributed by atoms with van der Waals surface area (Å²) in [7, 11) is 0. The summed E-state index contributed by atoms with van der Waals surface area (Å²) in [6.45, 7) is 2.54.